The van der Waals surface area contributed by atoms with Gasteiger partial charge in [-0.15, -0.1) is 0 Å². The summed E-state index contributed by atoms with van der Waals surface area (Å²) in [6, 6.07) is 12.4. The Morgan fingerprint density at radius 3 is 2.81 bits per heavy atom. The van der Waals surface area contributed by atoms with Gasteiger partial charge in [0.25, 0.3) is 0 Å². The normalized spacial score (nSPS) is 10.9. The number of aromatic nitrogens is 3. The maximum Gasteiger partial charge on any atom is 0.125 e. The van der Waals surface area contributed by atoms with Crippen molar-refractivity contribution in [3.8, 4) is 0 Å². The van der Waals surface area contributed by atoms with Gasteiger partial charge >= 0.3 is 0 Å². The molecule has 0 aliphatic rings. The average molecular weight is 278 g/mol. The van der Waals surface area contributed by atoms with Crippen LogP contribution in [0.2, 0.25) is 0 Å². The largest absolute Gasteiger partial charge is 0.311 e. The Hall–Kier alpha value is -2.33. The second-order valence-corrected chi connectivity index (χ2v) is 5.01. The Labute approximate surface area is 124 Å². The third-order valence-corrected chi connectivity index (χ3v) is 3.43. The Morgan fingerprint density at radius 1 is 1.00 bits per heavy atom. The third-order valence-electron chi connectivity index (χ3n) is 3.43. The number of hydrogen-bond donors (Lipinski definition) is 1. The molecule has 0 atom stereocenters. The molecule has 0 spiro atoms. The Kier molecular flexibility index (Phi) is 4.17. The zero-order valence-electron chi connectivity index (χ0n) is 12.1. The van der Waals surface area contributed by atoms with E-state index < -0.39 is 0 Å². The highest BCUT2D eigenvalue weighted by Gasteiger charge is 2.01. The molecule has 21 heavy (non-hydrogen) atoms. The molecule has 4 nitrogen and oxygen atoms in total. The summed E-state index contributed by atoms with van der Waals surface area (Å²) in [5.74, 6) is 0.813. The van der Waals surface area contributed by atoms with Gasteiger partial charge in [0.15, 0.2) is 0 Å². The topological polar surface area (TPSA) is 50.7 Å². The second-order valence-electron chi connectivity index (χ2n) is 5.01. The molecule has 0 amide bonds. The van der Waals surface area contributed by atoms with E-state index >= 15 is 0 Å². The lowest BCUT2D eigenvalue weighted by Gasteiger charge is -2.07. The number of pyridine rings is 1. The zero-order chi connectivity index (χ0) is 14.5. The van der Waals surface area contributed by atoms with Crippen molar-refractivity contribution in [2.45, 2.75) is 19.9 Å². The fraction of sp³-hybridized carbons (Fsp3) is 0.235. The molecule has 0 unspecified atom stereocenters. The van der Waals surface area contributed by atoms with Crippen molar-refractivity contribution in [1.82, 2.24) is 20.3 Å². The van der Waals surface area contributed by atoms with E-state index in [9.17, 15) is 0 Å². The summed E-state index contributed by atoms with van der Waals surface area (Å²) in [5, 5.41) is 4.62. The van der Waals surface area contributed by atoms with Gasteiger partial charge in [0.1, 0.15) is 5.82 Å². The van der Waals surface area contributed by atoms with Gasteiger partial charge in [-0.1, -0.05) is 24.3 Å². The molecule has 0 aliphatic carbocycles. The molecule has 3 aromatic rings. The van der Waals surface area contributed by atoms with Crippen LogP contribution in [0.4, 0.5) is 0 Å². The lowest BCUT2D eigenvalue weighted by atomic mass is 10.1. The lowest BCUT2D eigenvalue weighted by Crippen LogP contribution is -2.18. The highest BCUT2D eigenvalue weighted by molar-refractivity contribution is 5.81. The summed E-state index contributed by atoms with van der Waals surface area (Å²) in [7, 11) is 0. The lowest BCUT2D eigenvalue weighted by molar-refractivity contribution is 0.672. The highest BCUT2D eigenvalue weighted by Crippen LogP contribution is 2.15. The minimum Gasteiger partial charge on any atom is -0.311 e. The van der Waals surface area contributed by atoms with Crippen molar-refractivity contribution >= 4 is 10.9 Å². The van der Waals surface area contributed by atoms with Crippen LogP contribution in [0.3, 0.4) is 0 Å². The number of nitrogens with one attached hydrogen (secondary N) is 1. The Morgan fingerprint density at radius 2 is 1.90 bits per heavy atom. The number of rotatable bonds is 5. The maximum absolute atomic E-state index is 4.48. The number of fused-ring (bicyclic) bond motifs is 1. The summed E-state index contributed by atoms with van der Waals surface area (Å²) in [5.41, 5.74) is 3.40. The van der Waals surface area contributed by atoms with Gasteiger partial charge in [-0.05, 0) is 37.6 Å². The summed E-state index contributed by atoms with van der Waals surface area (Å²) < 4.78 is 0. The first-order chi connectivity index (χ1) is 10.3. The summed E-state index contributed by atoms with van der Waals surface area (Å²) in [6.45, 7) is 3.57. The van der Waals surface area contributed by atoms with Crippen LogP contribution in [0, 0.1) is 6.92 Å². The van der Waals surface area contributed by atoms with Gasteiger partial charge < -0.3 is 5.32 Å². The molecule has 2 heterocycles. The van der Waals surface area contributed by atoms with E-state index in [-0.39, 0.29) is 0 Å². The molecule has 106 valence electrons. The number of benzene rings is 1. The summed E-state index contributed by atoms with van der Waals surface area (Å²) in [4.78, 5) is 13.0. The smallest absolute Gasteiger partial charge is 0.125 e. The predicted molar refractivity (Wildman–Crippen MR) is 83.9 cm³/mol. The second kappa shape index (κ2) is 6.41. The quantitative estimate of drug-likeness (QED) is 0.729. The summed E-state index contributed by atoms with van der Waals surface area (Å²) in [6.07, 6.45) is 4.61. The van der Waals surface area contributed by atoms with Gasteiger partial charge in [-0.2, -0.15) is 0 Å². The third kappa shape index (κ3) is 3.41. The molecule has 0 aliphatic heterocycles. The van der Waals surface area contributed by atoms with Gasteiger partial charge in [0.2, 0.25) is 0 Å². The fourth-order valence-corrected chi connectivity index (χ4v) is 2.41. The molecular formula is C17H18N4. The van der Waals surface area contributed by atoms with Gasteiger partial charge in [0, 0.05) is 24.3 Å². The predicted octanol–water partition coefficient (Wildman–Crippen LogP) is 2.67. The van der Waals surface area contributed by atoms with Crippen molar-refractivity contribution in [3.63, 3.8) is 0 Å². The highest BCUT2D eigenvalue weighted by atomic mass is 14.9. The maximum atomic E-state index is 4.48. The molecule has 0 fully saturated rings. The van der Waals surface area contributed by atoms with Crippen LogP contribution >= 0.6 is 0 Å². The standard InChI is InChI=1S/C17H18N4/c1-13-19-11-8-16(21-13)12-18-10-7-15-5-2-4-14-6-3-9-20-17(14)15/h2-6,8-9,11,18H,7,10,12H2,1H3. The van der Waals surface area contributed by atoms with E-state index in [1.54, 1.807) is 6.20 Å². The molecule has 0 bridgehead atoms. The van der Waals surface area contributed by atoms with E-state index in [1.165, 1.54) is 10.9 Å². The fourth-order valence-electron chi connectivity index (χ4n) is 2.41. The van der Waals surface area contributed by atoms with Crippen molar-refractivity contribution < 1.29 is 0 Å². The summed E-state index contributed by atoms with van der Waals surface area (Å²) >= 11 is 0. The van der Waals surface area contributed by atoms with E-state index in [2.05, 4.69) is 44.5 Å². The van der Waals surface area contributed by atoms with Crippen molar-refractivity contribution in [2.75, 3.05) is 6.54 Å². The first-order valence-electron chi connectivity index (χ1n) is 7.15. The van der Waals surface area contributed by atoms with Gasteiger partial charge in [-0.25, -0.2) is 9.97 Å². The van der Waals surface area contributed by atoms with E-state index in [0.717, 1.165) is 36.5 Å². The molecule has 4 heteroatoms. The van der Waals surface area contributed by atoms with Crippen LogP contribution in [-0.2, 0) is 13.0 Å². The van der Waals surface area contributed by atoms with Crippen LogP contribution in [0.1, 0.15) is 17.1 Å². The molecule has 1 N–H and O–H groups in total. The van der Waals surface area contributed by atoms with Crippen LogP contribution in [0.25, 0.3) is 10.9 Å². The van der Waals surface area contributed by atoms with Crippen molar-refractivity contribution in [3.05, 3.63) is 65.9 Å². The van der Waals surface area contributed by atoms with Gasteiger partial charge in [0.05, 0.1) is 11.2 Å². The zero-order valence-corrected chi connectivity index (χ0v) is 12.1. The van der Waals surface area contributed by atoms with E-state index in [4.69, 9.17) is 0 Å². The first-order valence-corrected chi connectivity index (χ1v) is 7.15. The first kappa shape index (κ1) is 13.6. The molecule has 3 rings (SSSR count). The molecular weight excluding hydrogens is 260 g/mol. The van der Waals surface area contributed by atoms with Crippen LogP contribution in [-0.4, -0.2) is 21.5 Å². The van der Waals surface area contributed by atoms with Gasteiger partial charge in [-0.3, -0.25) is 4.98 Å². The Bertz CT molecular complexity index is 734. The Balaban J connectivity index is 1.60. The monoisotopic (exact) mass is 278 g/mol. The number of para-hydroxylation sites is 1. The van der Waals surface area contributed by atoms with E-state index in [1.807, 2.05) is 25.3 Å². The van der Waals surface area contributed by atoms with Crippen LogP contribution in [0.5, 0.6) is 0 Å². The number of aryl methyl sites for hydroxylation is 1. The minimum absolute atomic E-state index is 0.765. The van der Waals surface area contributed by atoms with Crippen molar-refractivity contribution in [1.29, 1.82) is 0 Å². The van der Waals surface area contributed by atoms with Crippen LogP contribution < -0.4 is 5.32 Å². The van der Waals surface area contributed by atoms with E-state index in [0.29, 0.717) is 0 Å². The van der Waals surface area contributed by atoms with Crippen molar-refractivity contribution in [2.24, 2.45) is 0 Å². The molecule has 0 radical (unpaired) electrons. The SMILES string of the molecule is Cc1nccc(CNCCc2cccc3cccnc23)n1. The van der Waals surface area contributed by atoms with Crippen LogP contribution in [0.15, 0.2) is 48.8 Å². The number of nitrogens with zero attached hydrogens (tertiary/aromatic N) is 3. The average Bonchev–Trinajstić information content (AvgIpc) is 2.52. The molecule has 2 aromatic heterocycles. The molecule has 0 saturated heterocycles. The number of hydrogen-bond acceptors (Lipinski definition) is 4. The molecule has 0 saturated carbocycles. The molecule has 1 aromatic carbocycles. The minimum atomic E-state index is 0.765.